The predicted molar refractivity (Wildman–Crippen MR) is 69.5 cm³/mol. The first-order chi connectivity index (χ1) is 8.43. The van der Waals surface area contributed by atoms with Crippen molar-refractivity contribution in [1.29, 1.82) is 0 Å². The number of benzene rings is 1. The maximum atomic E-state index is 4.03. The third-order valence-corrected chi connectivity index (χ3v) is 2.78. The van der Waals surface area contributed by atoms with E-state index in [1.54, 1.807) is 0 Å². The van der Waals surface area contributed by atoms with Crippen LogP contribution in [0.1, 0.15) is 0 Å². The lowest BCUT2D eigenvalue weighted by Gasteiger charge is -1.96. The molecule has 1 aromatic carbocycles. The number of nitrogens with zero attached hydrogens (tertiary/aromatic N) is 1. The first kappa shape index (κ1) is 9.85. The summed E-state index contributed by atoms with van der Waals surface area (Å²) in [4.78, 5) is 7.33. The van der Waals surface area contributed by atoms with Gasteiger partial charge in [0.1, 0.15) is 0 Å². The molecule has 2 aromatic heterocycles. The minimum atomic E-state index is 1.14. The monoisotopic (exact) mass is 220 g/mol. The number of aromatic amines is 1. The summed E-state index contributed by atoms with van der Waals surface area (Å²) in [6.45, 7) is 0. The Bertz CT molecular complexity index is 543. The lowest BCUT2D eigenvalue weighted by atomic mass is 10.1. The molecule has 0 bridgehead atoms. The molecule has 0 saturated carbocycles. The quantitative estimate of drug-likeness (QED) is 0.700. The molecule has 0 aliphatic rings. The molecule has 0 atom stereocenters. The molecule has 2 heteroatoms. The fourth-order valence-electron chi connectivity index (χ4n) is 1.89. The van der Waals surface area contributed by atoms with Gasteiger partial charge in [0, 0.05) is 24.3 Å². The summed E-state index contributed by atoms with van der Waals surface area (Å²) in [5.74, 6) is 0. The molecule has 0 spiro atoms. The molecule has 3 aromatic rings. The average Bonchev–Trinajstić information content (AvgIpc) is 2.90. The van der Waals surface area contributed by atoms with Crippen LogP contribution in [0.5, 0.6) is 0 Å². The highest BCUT2D eigenvalue weighted by Crippen LogP contribution is 2.25. The van der Waals surface area contributed by atoms with Crippen LogP contribution in [0.2, 0.25) is 0 Å². The van der Waals surface area contributed by atoms with Gasteiger partial charge >= 0.3 is 0 Å². The zero-order chi connectivity index (χ0) is 11.5. The maximum Gasteiger partial charge on any atom is 0.0460 e. The fourth-order valence-corrected chi connectivity index (χ4v) is 1.89. The molecule has 2 nitrogen and oxygen atoms in total. The van der Waals surface area contributed by atoms with Crippen LogP contribution in [0, 0.1) is 0 Å². The topological polar surface area (TPSA) is 28.7 Å². The second-order valence-corrected chi connectivity index (χ2v) is 3.90. The summed E-state index contributed by atoms with van der Waals surface area (Å²) in [7, 11) is 0. The van der Waals surface area contributed by atoms with Crippen LogP contribution in [0.3, 0.4) is 0 Å². The SMILES string of the molecule is c1ccc(-c2cc(-c3ccncc3)c[nH]2)cc1. The molecule has 1 N–H and O–H groups in total. The minimum absolute atomic E-state index is 1.14. The van der Waals surface area contributed by atoms with Crippen molar-refractivity contribution in [1.82, 2.24) is 9.97 Å². The van der Waals surface area contributed by atoms with Crippen molar-refractivity contribution in [2.75, 3.05) is 0 Å². The zero-order valence-corrected chi connectivity index (χ0v) is 9.30. The van der Waals surface area contributed by atoms with E-state index < -0.39 is 0 Å². The third-order valence-electron chi connectivity index (χ3n) is 2.78. The van der Waals surface area contributed by atoms with Crippen molar-refractivity contribution in [2.45, 2.75) is 0 Å². The van der Waals surface area contributed by atoms with Gasteiger partial charge in [-0.2, -0.15) is 0 Å². The Balaban J connectivity index is 1.99. The summed E-state index contributed by atoms with van der Waals surface area (Å²) in [6, 6.07) is 16.5. The van der Waals surface area contributed by atoms with E-state index in [0.29, 0.717) is 0 Å². The lowest BCUT2D eigenvalue weighted by molar-refractivity contribution is 1.33. The van der Waals surface area contributed by atoms with Crippen LogP contribution < -0.4 is 0 Å². The molecular formula is C15H12N2. The van der Waals surface area contributed by atoms with Crippen LogP contribution in [0.4, 0.5) is 0 Å². The Morgan fingerprint density at radius 1 is 0.765 bits per heavy atom. The highest BCUT2D eigenvalue weighted by Gasteiger charge is 2.02. The smallest absolute Gasteiger partial charge is 0.0460 e. The molecule has 3 rings (SSSR count). The highest BCUT2D eigenvalue weighted by atomic mass is 14.7. The fraction of sp³-hybridized carbons (Fsp3) is 0. The normalized spacial score (nSPS) is 10.4. The number of hydrogen-bond donors (Lipinski definition) is 1. The number of aromatic nitrogens is 2. The summed E-state index contributed by atoms with van der Waals surface area (Å²) in [6.07, 6.45) is 5.65. The lowest BCUT2D eigenvalue weighted by Crippen LogP contribution is -1.74. The van der Waals surface area contributed by atoms with Crippen LogP contribution in [-0.4, -0.2) is 9.97 Å². The maximum absolute atomic E-state index is 4.03. The Morgan fingerprint density at radius 3 is 2.29 bits per heavy atom. The van der Waals surface area contributed by atoms with Gasteiger partial charge in [0.2, 0.25) is 0 Å². The van der Waals surface area contributed by atoms with Gasteiger partial charge in [0.05, 0.1) is 0 Å². The minimum Gasteiger partial charge on any atom is -0.361 e. The summed E-state index contributed by atoms with van der Waals surface area (Å²) < 4.78 is 0. The van der Waals surface area contributed by atoms with Crippen LogP contribution in [0.25, 0.3) is 22.4 Å². The molecule has 0 aliphatic heterocycles. The van der Waals surface area contributed by atoms with Crippen molar-refractivity contribution in [2.24, 2.45) is 0 Å². The van der Waals surface area contributed by atoms with E-state index in [-0.39, 0.29) is 0 Å². The van der Waals surface area contributed by atoms with Crippen LogP contribution in [-0.2, 0) is 0 Å². The zero-order valence-electron chi connectivity index (χ0n) is 9.30. The largest absolute Gasteiger partial charge is 0.361 e. The van der Waals surface area contributed by atoms with Gasteiger partial charge in [-0.3, -0.25) is 4.98 Å². The van der Waals surface area contributed by atoms with E-state index >= 15 is 0 Å². The molecule has 2 heterocycles. The van der Waals surface area contributed by atoms with E-state index in [0.717, 1.165) is 5.69 Å². The average molecular weight is 220 g/mol. The van der Waals surface area contributed by atoms with E-state index in [2.05, 4.69) is 28.2 Å². The summed E-state index contributed by atoms with van der Waals surface area (Å²) >= 11 is 0. The first-order valence-corrected chi connectivity index (χ1v) is 5.58. The van der Waals surface area contributed by atoms with Gasteiger partial charge in [-0.05, 0) is 34.9 Å². The standard InChI is InChI=1S/C15H12N2/c1-2-4-13(5-3-1)15-10-14(11-17-15)12-6-8-16-9-7-12/h1-11,17H. The number of pyridine rings is 1. The van der Waals surface area contributed by atoms with E-state index in [4.69, 9.17) is 0 Å². The first-order valence-electron chi connectivity index (χ1n) is 5.58. The molecule has 0 fully saturated rings. The third kappa shape index (κ3) is 1.97. The molecule has 0 aliphatic carbocycles. The van der Waals surface area contributed by atoms with E-state index in [1.165, 1.54) is 16.7 Å². The van der Waals surface area contributed by atoms with E-state index in [9.17, 15) is 0 Å². The van der Waals surface area contributed by atoms with Crippen molar-refractivity contribution < 1.29 is 0 Å². The second kappa shape index (κ2) is 4.26. The Morgan fingerprint density at radius 2 is 1.53 bits per heavy atom. The molecule has 0 unspecified atom stereocenters. The Labute approximate surface area is 100.0 Å². The Kier molecular flexibility index (Phi) is 2.47. The number of hydrogen-bond acceptors (Lipinski definition) is 1. The molecule has 0 radical (unpaired) electrons. The molecule has 17 heavy (non-hydrogen) atoms. The van der Waals surface area contributed by atoms with Crippen molar-refractivity contribution in [3.05, 3.63) is 67.1 Å². The molecule has 0 amide bonds. The number of nitrogens with one attached hydrogen (secondary N) is 1. The summed E-state index contributed by atoms with van der Waals surface area (Å²) in [5.41, 5.74) is 4.70. The molecular weight excluding hydrogens is 208 g/mol. The molecule has 0 saturated heterocycles. The van der Waals surface area contributed by atoms with Gasteiger partial charge in [-0.1, -0.05) is 30.3 Å². The van der Waals surface area contributed by atoms with Gasteiger partial charge in [-0.25, -0.2) is 0 Å². The van der Waals surface area contributed by atoms with Gasteiger partial charge < -0.3 is 4.98 Å². The van der Waals surface area contributed by atoms with Gasteiger partial charge in [-0.15, -0.1) is 0 Å². The summed E-state index contributed by atoms with van der Waals surface area (Å²) in [5, 5.41) is 0. The molecule has 82 valence electrons. The van der Waals surface area contributed by atoms with Gasteiger partial charge in [0.25, 0.3) is 0 Å². The second-order valence-electron chi connectivity index (χ2n) is 3.90. The van der Waals surface area contributed by atoms with Crippen molar-refractivity contribution >= 4 is 0 Å². The van der Waals surface area contributed by atoms with Crippen molar-refractivity contribution in [3.8, 4) is 22.4 Å². The number of H-pyrrole nitrogens is 1. The Hall–Kier alpha value is -2.35. The number of rotatable bonds is 2. The van der Waals surface area contributed by atoms with Crippen LogP contribution >= 0.6 is 0 Å². The van der Waals surface area contributed by atoms with E-state index in [1.807, 2.05) is 48.9 Å². The van der Waals surface area contributed by atoms with Gasteiger partial charge in [0.15, 0.2) is 0 Å². The predicted octanol–water partition coefficient (Wildman–Crippen LogP) is 3.74. The highest BCUT2D eigenvalue weighted by molar-refractivity contribution is 5.70. The van der Waals surface area contributed by atoms with Crippen molar-refractivity contribution in [3.63, 3.8) is 0 Å². The van der Waals surface area contributed by atoms with Crippen LogP contribution in [0.15, 0.2) is 67.1 Å².